The number of nitrogens with one attached hydrogen (secondary N) is 2. The van der Waals surface area contributed by atoms with Crippen molar-refractivity contribution in [2.75, 3.05) is 33.2 Å². The highest BCUT2D eigenvalue weighted by Gasteiger charge is 2.23. The van der Waals surface area contributed by atoms with Crippen LogP contribution in [0.4, 0.5) is 0 Å². The van der Waals surface area contributed by atoms with Gasteiger partial charge in [0.2, 0.25) is 0 Å². The Morgan fingerprint density at radius 3 is 2.67 bits per heavy atom. The van der Waals surface area contributed by atoms with E-state index in [1.165, 1.54) is 5.57 Å². The third-order valence-corrected chi connectivity index (χ3v) is 5.43. The van der Waals surface area contributed by atoms with Crippen molar-refractivity contribution in [3.05, 3.63) is 23.8 Å². The predicted octanol–water partition coefficient (Wildman–Crippen LogP) is 1.97. The van der Waals surface area contributed by atoms with E-state index >= 15 is 0 Å². The Morgan fingerprint density at radius 1 is 1.26 bits per heavy atom. The van der Waals surface area contributed by atoms with Crippen molar-refractivity contribution in [3.8, 4) is 0 Å². The molecule has 0 amide bonds. The van der Waals surface area contributed by atoms with Gasteiger partial charge in [-0.25, -0.2) is 0 Å². The molecular weight excluding hydrogens is 453 g/mol. The fourth-order valence-corrected chi connectivity index (χ4v) is 3.94. The second kappa shape index (κ2) is 10.4. The van der Waals surface area contributed by atoms with Crippen LogP contribution < -0.4 is 10.6 Å². The molecule has 1 aromatic heterocycles. The minimum absolute atomic E-state index is 0. The van der Waals surface area contributed by atoms with Crippen LogP contribution in [0.5, 0.6) is 0 Å². The standard InChI is InChI=1S/C19H33N7.HI/c1-14(2)12-25-9-7-17(8-10-25)22-19(20-4)21-11-16-5-6-18-24-23-15(3)26(18)13-16;/h16-17H,1,5-13H2,2-4H3,(H2,20,21,22);1H. The van der Waals surface area contributed by atoms with Crippen molar-refractivity contribution in [2.24, 2.45) is 10.9 Å². The van der Waals surface area contributed by atoms with Crippen molar-refractivity contribution < 1.29 is 0 Å². The van der Waals surface area contributed by atoms with E-state index in [4.69, 9.17) is 0 Å². The number of fused-ring (bicyclic) bond motifs is 1. The molecule has 1 saturated heterocycles. The zero-order valence-electron chi connectivity index (χ0n) is 16.9. The number of aryl methyl sites for hydroxylation is 2. The van der Waals surface area contributed by atoms with Crippen LogP contribution in [0.1, 0.15) is 37.8 Å². The maximum absolute atomic E-state index is 4.42. The van der Waals surface area contributed by atoms with Crippen molar-refractivity contribution in [1.29, 1.82) is 0 Å². The van der Waals surface area contributed by atoms with Gasteiger partial charge in [0, 0.05) is 52.2 Å². The molecule has 7 nitrogen and oxygen atoms in total. The number of rotatable bonds is 5. The molecule has 0 aromatic carbocycles. The molecule has 3 rings (SSSR count). The number of piperidine rings is 1. The van der Waals surface area contributed by atoms with Crippen LogP contribution in [-0.4, -0.2) is 64.9 Å². The second-order valence-corrected chi connectivity index (χ2v) is 7.78. The lowest BCUT2D eigenvalue weighted by Crippen LogP contribution is -2.49. The van der Waals surface area contributed by atoms with E-state index < -0.39 is 0 Å². The van der Waals surface area contributed by atoms with Crippen LogP contribution in [0.2, 0.25) is 0 Å². The van der Waals surface area contributed by atoms with Crippen LogP contribution in [0.3, 0.4) is 0 Å². The largest absolute Gasteiger partial charge is 0.356 e. The van der Waals surface area contributed by atoms with Crippen molar-refractivity contribution >= 4 is 29.9 Å². The Balaban J connectivity index is 0.00000261. The smallest absolute Gasteiger partial charge is 0.191 e. The minimum atomic E-state index is 0. The highest BCUT2D eigenvalue weighted by molar-refractivity contribution is 14.0. The van der Waals surface area contributed by atoms with E-state index in [1.807, 2.05) is 14.0 Å². The summed E-state index contributed by atoms with van der Waals surface area (Å²) in [5, 5.41) is 15.6. The molecule has 3 heterocycles. The number of aromatic nitrogens is 3. The number of likely N-dealkylation sites (tertiary alicyclic amines) is 1. The summed E-state index contributed by atoms with van der Waals surface area (Å²) in [4.78, 5) is 6.90. The fourth-order valence-electron chi connectivity index (χ4n) is 3.94. The minimum Gasteiger partial charge on any atom is -0.356 e. The summed E-state index contributed by atoms with van der Waals surface area (Å²) >= 11 is 0. The molecule has 2 N–H and O–H groups in total. The Bertz CT molecular complexity index is 646. The number of aliphatic imine (C=N–C) groups is 1. The first kappa shape index (κ1) is 22.1. The summed E-state index contributed by atoms with van der Waals surface area (Å²) in [5.41, 5.74) is 1.24. The van der Waals surface area contributed by atoms with E-state index in [2.05, 4.69) is 48.8 Å². The summed E-state index contributed by atoms with van der Waals surface area (Å²) in [6.45, 7) is 13.4. The topological polar surface area (TPSA) is 70.4 Å². The maximum Gasteiger partial charge on any atom is 0.191 e. The molecule has 1 atom stereocenters. The Kier molecular flexibility index (Phi) is 8.53. The quantitative estimate of drug-likeness (QED) is 0.288. The highest BCUT2D eigenvalue weighted by atomic mass is 127. The van der Waals surface area contributed by atoms with E-state index in [1.54, 1.807) is 0 Å². The van der Waals surface area contributed by atoms with Gasteiger partial charge in [0.25, 0.3) is 0 Å². The molecular formula is C19H34IN7. The van der Waals surface area contributed by atoms with Gasteiger partial charge in [0.1, 0.15) is 11.6 Å². The van der Waals surface area contributed by atoms with Crippen molar-refractivity contribution in [3.63, 3.8) is 0 Å². The summed E-state index contributed by atoms with van der Waals surface area (Å²) in [5.74, 6) is 3.67. The second-order valence-electron chi connectivity index (χ2n) is 7.78. The molecule has 1 aromatic rings. The van der Waals surface area contributed by atoms with Crippen LogP contribution in [-0.2, 0) is 13.0 Å². The molecule has 0 aliphatic carbocycles. The lowest BCUT2D eigenvalue weighted by atomic mass is 9.99. The normalized spacial score (nSPS) is 21.3. The highest BCUT2D eigenvalue weighted by Crippen LogP contribution is 2.19. The zero-order chi connectivity index (χ0) is 18.5. The number of hydrogen-bond acceptors (Lipinski definition) is 4. The average Bonchev–Trinajstić information content (AvgIpc) is 3.00. The Morgan fingerprint density at radius 2 is 2.00 bits per heavy atom. The summed E-state index contributed by atoms with van der Waals surface area (Å²) in [6.07, 6.45) is 4.48. The molecule has 0 saturated carbocycles. The van der Waals surface area contributed by atoms with E-state index in [-0.39, 0.29) is 24.0 Å². The number of guanidine groups is 1. The van der Waals surface area contributed by atoms with Crippen molar-refractivity contribution in [1.82, 2.24) is 30.3 Å². The molecule has 2 aliphatic heterocycles. The molecule has 8 heteroatoms. The molecule has 0 spiro atoms. The fraction of sp³-hybridized carbons (Fsp3) is 0.737. The molecule has 2 aliphatic rings. The number of nitrogens with zero attached hydrogens (tertiary/aromatic N) is 5. The van der Waals surface area contributed by atoms with Crippen LogP contribution in [0.25, 0.3) is 0 Å². The first-order chi connectivity index (χ1) is 12.5. The number of halogens is 1. The summed E-state index contributed by atoms with van der Waals surface area (Å²) in [7, 11) is 1.86. The van der Waals surface area contributed by atoms with Gasteiger partial charge in [-0.05, 0) is 39.0 Å². The monoisotopic (exact) mass is 487 g/mol. The first-order valence-electron chi connectivity index (χ1n) is 9.77. The van der Waals surface area contributed by atoms with E-state index in [9.17, 15) is 0 Å². The molecule has 1 fully saturated rings. The van der Waals surface area contributed by atoms with Gasteiger partial charge in [-0.3, -0.25) is 9.89 Å². The van der Waals surface area contributed by atoms with Gasteiger partial charge in [-0.15, -0.1) is 34.2 Å². The molecule has 1 unspecified atom stereocenters. The Labute approximate surface area is 180 Å². The third kappa shape index (κ3) is 6.17. The lowest BCUT2D eigenvalue weighted by Gasteiger charge is -2.33. The molecule has 0 radical (unpaired) electrons. The van der Waals surface area contributed by atoms with Gasteiger partial charge in [-0.1, -0.05) is 12.2 Å². The average molecular weight is 487 g/mol. The lowest BCUT2D eigenvalue weighted by molar-refractivity contribution is 0.221. The SMILES string of the molecule is C=C(C)CN1CCC(NC(=NC)NCC2CCc3nnc(C)n3C2)CC1.I. The van der Waals surface area contributed by atoms with Crippen LogP contribution in [0, 0.1) is 12.8 Å². The maximum atomic E-state index is 4.42. The van der Waals surface area contributed by atoms with Crippen molar-refractivity contribution in [2.45, 2.75) is 52.1 Å². The number of hydrogen-bond donors (Lipinski definition) is 2. The Hall–Kier alpha value is -1.16. The van der Waals surface area contributed by atoms with Gasteiger partial charge in [0.15, 0.2) is 5.96 Å². The van der Waals surface area contributed by atoms with Gasteiger partial charge < -0.3 is 15.2 Å². The molecule has 152 valence electrons. The first-order valence-corrected chi connectivity index (χ1v) is 9.77. The van der Waals surface area contributed by atoms with Crippen LogP contribution >= 0.6 is 24.0 Å². The predicted molar refractivity (Wildman–Crippen MR) is 121 cm³/mol. The molecule has 0 bridgehead atoms. The van der Waals surface area contributed by atoms with Crippen LogP contribution in [0.15, 0.2) is 17.1 Å². The van der Waals surface area contributed by atoms with Gasteiger partial charge >= 0.3 is 0 Å². The summed E-state index contributed by atoms with van der Waals surface area (Å²) < 4.78 is 2.25. The van der Waals surface area contributed by atoms with Gasteiger partial charge in [-0.2, -0.15) is 0 Å². The molecule has 27 heavy (non-hydrogen) atoms. The zero-order valence-corrected chi connectivity index (χ0v) is 19.2. The summed E-state index contributed by atoms with van der Waals surface area (Å²) in [6, 6.07) is 0.501. The van der Waals surface area contributed by atoms with Gasteiger partial charge in [0.05, 0.1) is 0 Å². The van der Waals surface area contributed by atoms with E-state index in [0.717, 1.165) is 76.0 Å². The third-order valence-electron chi connectivity index (χ3n) is 5.43. The van der Waals surface area contributed by atoms with E-state index in [0.29, 0.717) is 12.0 Å².